The van der Waals surface area contributed by atoms with Gasteiger partial charge in [0.25, 0.3) is 5.91 Å². The lowest BCUT2D eigenvalue weighted by atomic mass is 10.1. The number of carbonyl (C=O) groups is 1. The Balaban J connectivity index is 1.47. The summed E-state index contributed by atoms with van der Waals surface area (Å²) in [7, 11) is 0. The van der Waals surface area contributed by atoms with E-state index in [0.29, 0.717) is 0 Å². The molecule has 1 fully saturated rings. The third kappa shape index (κ3) is 3.48. The fourth-order valence-electron chi connectivity index (χ4n) is 3.47. The smallest absolute Gasteiger partial charge is 0.254 e. The first-order valence-electron chi connectivity index (χ1n) is 8.89. The van der Waals surface area contributed by atoms with Gasteiger partial charge in [0.05, 0.1) is 21.8 Å². The molecule has 4 rings (SSSR count). The molecule has 1 aliphatic heterocycles. The molecule has 3 aromatic rings. The van der Waals surface area contributed by atoms with Crippen molar-refractivity contribution in [1.29, 1.82) is 0 Å². The third-order valence-corrected chi connectivity index (χ3v) is 5.61. The van der Waals surface area contributed by atoms with E-state index in [1.54, 1.807) is 11.3 Å². The Labute approximate surface area is 157 Å². The van der Waals surface area contributed by atoms with Crippen LogP contribution >= 0.6 is 11.3 Å². The monoisotopic (exact) mass is 366 g/mol. The zero-order valence-corrected chi connectivity index (χ0v) is 15.9. The van der Waals surface area contributed by atoms with Gasteiger partial charge in [0.15, 0.2) is 0 Å². The number of para-hydroxylation sites is 1. The van der Waals surface area contributed by atoms with Crippen molar-refractivity contribution in [2.45, 2.75) is 20.4 Å². The maximum atomic E-state index is 13.1. The molecule has 5 nitrogen and oxygen atoms in total. The molecule has 1 aliphatic rings. The molecule has 1 amide bonds. The predicted molar refractivity (Wildman–Crippen MR) is 105 cm³/mol. The van der Waals surface area contributed by atoms with Gasteiger partial charge < -0.3 is 4.90 Å². The van der Waals surface area contributed by atoms with Gasteiger partial charge in [-0.2, -0.15) is 0 Å². The van der Waals surface area contributed by atoms with Crippen molar-refractivity contribution in [1.82, 2.24) is 19.8 Å². The molecule has 0 bridgehead atoms. The molecule has 6 heteroatoms. The predicted octanol–water partition coefficient (Wildman–Crippen LogP) is 3.27. The molecule has 2 aromatic heterocycles. The number of carbonyl (C=O) groups excluding carboxylic acids is 1. The standard InChI is InChI=1S/C20H22N4OS/c1-14-11-18(17-5-3-4-6-19(17)21-14)20(25)24-9-7-23(8-10-24)12-16-13-26-15(2)22-16/h3-6,11,13H,7-10,12H2,1-2H3. The highest BCUT2D eigenvalue weighted by atomic mass is 32.1. The van der Waals surface area contributed by atoms with E-state index in [2.05, 4.69) is 20.2 Å². The van der Waals surface area contributed by atoms with Crippen LogP contribution < -0.4 is 0 Å². The molecular weight excluding hydrogens is 344 g/mol. The van der Waals surface area contributed by atoms with Crippen molar-refractivity contribution in [2.24, 2.45) is 0 Å². The molecule has 26 heavy (non-hydrogen) atoms. The number of amides is 1. The van der Waals surface area contributed by atoms with Gasteiger partial charge in [-0.05, 0) is 26.0 Å². The second-order valence-corrected chi connectivity index (χ2v) is 7.82. The summed E-state index contributed by atoms with van der Waals surface area (Å²) in [5.74, 6) is 0.107. The van der Waals surface area contributed by atoms with Crippen LogP contribution in [-0.4, -0.2) is 51.9 Å². The zero-order chi connectivity index (χ0) is 18.1. The fourth-order valence-corrected chi connectivity index (χ4v) is 4.08. The molecule has 0 unspecified atom stereocenters. The second kappa shape index (κ2) is 7.13. The Morgan fingerprint density at radius 2 is 1.88 bits per heavy atom. The summed E-state index contributed by atoms with van der Waals surface area (Å²) in [6.45, 7) is 8.09. The number of fused-ring (bicyclic) bond motifs is 1. The van der Waals surface area contributed by atoms with Crippen molar-refractivity contribution in [3.63, 3.8) is 0 Å². The van der Waals surface area contributed by atoms with Gasteiger partial charge >= 0.3 is 0 Å². The van der Waals surface area contributed by atoms with Crippen LogP contribution in [0, 0.1) is 13.8 Å². The SMILES string of the molecule is Cc1cc(C(=O)N2CCN(Cc3csc(C)n3)CC2)c2ccccc2n1. The van der Waals surface area contributed by atoms with Crippen molar-refractivity contribution in [3.8, 4) is 0 Å². The number of aromatic nitrogens is 2. The summed E-state index contributed by atoms with van der Waals surface area (Å²) in [6.07, 6.45) is 0. The number of nitrogens with zero attached hydrogens (tertiary/aromatic N) is 4. The quantitative estimate of drug-likeness (QED) is 0.714. The van der Waals surface area contributed by atoms with Crippen LogP contribution in [-0.2, 0) is 6.54 Å². The molecule has 3 heterocycles. The van der Waals surface area contributed by atoms with E-state index in [0.717, 1.165) is 65.6 Å². The number of pyridine rings is 1. The number of hydrogen-bond acceptors (Lipinski definition) is 5. The van der Waals surface area contributed by atoms with Gasteiger partial charge in [-0.1, -0.05) is 18.2 Å². The maximum absolute atomic E-state index is 13.1. The Kier molecular flexibility index (Phi) is 4.70. The normalized spacial score (nSPS) is 15.5. The Morgan fingerprint density at radius 3 is 2.62 bits per heavy atom. The Bertz CT molecular complexity index is 944. The van der Waals surface area contributed by atoms with E-state index in [4.69, 9.17) is 0 Å². The molecule has 0 N–H and O–H groups in total. The summed E-state index contributed by atoms with van der Waals surface area (Å²) in [4.78, 5) is 26.5. The van der Waals surface area contributed by atoms with E-state index in [1.165, 1.54) is 0 Å². The van der Waals surface area contributed by atoms with Crippen LogP contribution in [0.1, 0.15) is 26.8 Å². The molecule has 0 atom stereocenters. The second-order valence-electron chi connectivity index (χ2n) is 6.75. The summed E-state index contributed by atoms with van der Waals surface area (Å²) in [6, 6.07) is 9.78. The molecular formula is C20H22N4OS. The molecule has 0 spiro atoms. The number of rotatable bonds is 3. The number of aryl methyl sites for hydroxylation is 2. The molecule has 0 radical (unpaired) electrons. The van der Waals surface area contributed by atoms with Crippen LogP contribution in [0.2, 0.25) is 0 Å². The number of thiazole rings is 1. The first-order valence-corrected chi connectivity index (χ1v) is 9.77. The van der Waals surface area contributed by atoms with Crippen molar-refractivity contribution in [3.05, 3.63) is 57.7 Å². The van der Waals surface area contributed by atoms with E-state index in [9.17, 15) is 4.79 Å². The van der Waals surface area contributed by atoms with E-state index >= 15 is 0 Å². The van der Waals surface area contributed by atoms with E-state index in [1.807, 2.05) is 49.1 Å². The minimum Gasteiger partial charge on any atom is -0.336 e. The van der Waals surface area contributed by atoms with Crippen LogP contribution in [0.5, 0.6) is 0 Å². The highest BCUT2D eigenvalue weighted by Gasteiger charge is 2.24. The van der Waals surface area contributed by atoms with Gasteiger partial charge in [0, 0.05) is 49.2 Å². The lowest BCUT2D eigenvalue weighted by Gasteiger charge is -2.34. The first kappa shape index (κ1) is 17.1. The van der Waals surface area contributed by atoms with E-state index in [-0.39, 0.29) is 5.91 Å². The first-order chi connectivity index (χ1) is 12.6. The topological polar surface area (TPSA) is 49.3 Å². The van der Waals surface area contributed by atoms with Gasteiger partial charge in [-0.3, -0.25) is 14.7 Å². The van der Waals surface area contributed by atoms with Gasteiger partial charge in [0.2, 0.25) is 0 Å². The number of piperazine rings is 1. The van der Waals surface area contributed by atoms with Crippen molar-refractivity contribution >= 4 is 28.1 Å². The third-order valence-electron chi connectivity index (χ3n) is 4.79. The number of hydrogen-bond donors (Lipinski definition) is 0. The van der Waals surface area contributed by atoms with Crippen molar-refractivity contribution < 1.29 is 4.79 Å². The van der Waals surface area contributed by atoms with Gasteiger partial charge in [-0.25, -0.2) is 4.98 Å². The minimum atomic E-state index is 0.107. The fraction of sp³-hybridized carbons (Fsp3) is 0.350. The Morgan fingerprint density at radius 1 is 1.12 bits per heavy atom. The molecule has 0 saturated carbocycles. The van der Waals surface area contributed by atoms with Crippen molar-refractivity contribution in [2.75, 3.05) is 26.2 Å². The van der Waals surface area contributed by atoms with Crippen LogP contribution in [0.4, 0.5) is 0 Å². The average molecular weight is 366 g/mol. The summed E-state index contributed by atoms with van der Waals surface area (Å²) >= 11 is 1.69. The molecule has 1 aromatic carbocycles. The highest BCUT2D eigenvalue weighted by Crippen LogP contribution is 2.21. The minimum absolute atomic E-state index is 0.107. The summed E-state index contributed by atoms with van der Waals surface area (Å²) in [5.41, 5.74) is 3.65. The molecule has 134 valence electrons. The molecule has 0 aliphatic carbocycles. The van der Waals surface area contributed by atoms with Crippen LogP contribution in [0.25, 0.3) is 10.9 Å². The number of benzene rings is 1. The highest BCUT2D eigenvalue weighted by molar-refractivity contribution is 7.09. The lowest BCUT2D eigenvalue weighted by molar-refractivity contribution is 0.0629. The van der Waals surface area contributed by atoms with Gasteiger partial charge in [0.1, 0.15) is 0 Å². The van der Waals surface area contributed by atoms with E-state index < -0.39 is 0 Å². The largest absolute Gasteiger partial charge is 0.336 e. The Hall–Kier alpha value is -2.31. The van der Waals surface area contributed by atoms with Gasteiger partial charge in [-0.15, -0.1) is 11.3 Å². The average Bonchev–Trinajstić information content (AvgIpc) is 3.06. The molecule has 1 saturated heterocycles. The summed E-state index contributed by atoms with van der Waals surface area (Å²) < 4.78 is 0. The lowest BCUT2D eigenvalue weighted by Crippen LogP contribution is -2.48. The maximum Gasteiger partial charge on any atom is 0.254 e. The zero-order valence-electron chi connectivity index (χ0n) is 15.1. The van der Waals surface area contributed by atoms with Crippen LogP contribution in [0.15, 0.2) is 35.7 Å². The van der Waals surface area contributed by atoms with Crippen LogP contribution in [0.3, 0.4) is 0 Å². The summed E-state index contributed by atoms with van der Waals surface area (Å²) in [5, 5.41) is 4.16.